The molecular weight excluding hydrogens is 270 g/mol. The smallest absolute Gasteiger partial charge is 0.109 e. The van der Waals surface area contributed by atoms with Crippen molar-refractivity contribution in [2.45, 2.75) is 46.5 Å². The molecule has 0 bridgehead atoms. The van der Waals surface area contributed by atoms with Crippen LogP contribution in [0.5, 0.6) is 0 Å². The molecule has 1 aliphatic rings. The Morgan fingerprint density at radius 3 is 2.55 bits per heavy atom. The third-order valence-electron chi connectivity index (χ3n) is 4.31. The van der Waals surface area contributed by atoms with Gasteiger partial charge in [0.2, 0.25) is 0 Å². The van der Waals surface area contributed by atoms with Crippen LogP contribution in [0.1, 0.15) is 45.9 Å². The van der Waals surface area contributed by atoms with Crippen molar-refractivity contribution in [3.63, 3.8) is 0 Å². The van der Waals surface area contributed by atoms with Crippen LogP contribution < -0.4 is 10.7 Å². The molecule has 3 nitrogen and oxygen atoms in total. The zero-order valence-electron chi connectivity index (χ0n) is 15.1. The summed E-state index contributed by atoms with van der Waals surface area (Å²) in [6.07, 6.45) is 11.7. The van der Waals surface area contributed by atoms with Gasteiger partial charge in [-0.15, -0.1) is 0 Å². The fraction of sp³-hybridized carbons (Fsp3) is 0.632. The van der Waals surface area contributed by atoms with E-state index in [4.69, 9.17) is 4.98 Å². The van der Waals surface area contributed by atoms with Crippen LogP contribution in [0.3, 0.4) is 0 Å². The molecule has 0 unspecified atom stereocenters. The summed E-state index contributed by atoms with van der Waals surface area (Å²) in [6.45, 7) is 6.60. The summed E-state index contributed by atoms with van der Waals surface area (Å²) in [5.74, 6) is 2.65. The molecular formula is C19H31N3. The lowest BCUT2D eigenvalue weighted by Crippen LogP contribution is -2.34. The minimum Gasteiger partial charge on any atom is -0.382 e. The van der Waals surface area contributed by atoms with Gasteiger partial charge in [-0.25, -0.2) is 4.98 Å². The maximum atomic E-state index is 4.95. The van der Waals surface area contributed by atoms with Crippen molar-refractivity contribution in [3.8, 4) is 0 Å². The minimum atomic E-state index is 0.484. The van der Waals surface area contributed by atoms with E-state index < -0.39 is 0 Å². The number of rotatable bonds is 6. The molecule has 1 heterocycles. The average molecular weight is 301 g/mol. The summed E-state index contributed by atoms with van der Waals surface area (Å²) in [5.41, 5.74) is 1.36. The van der Waals surface area contributed by atoms with Gasteiger partial charge in [-0.3, -0.25) is 0 Å². The molecule has 122 valence electrons. The van der Waals surface area contributed by atoms with Crippen LogP contribution in [0.25, 0.3) is 11.8 Å². The lowest BCUT2D eigenvalue weighted by Gasteiger charge is -2.08. The fourth-order valence-corrected chi connectivity index (χ4v) is 2.93. The van der Waals surface area contributed by atoms with Crippen molar-refractivity contribution in [2.75, 3.05) is 14.1 Å². The summed E-state index contributed by atoms with van der Waals surface area (Å²) in [6, 6.07) is 0. The average Bonchev–Trinajstić information content (AvgIpc) is 3.20. The molecule has 0 saturated heterocycles. The second-order valence-corrected chi connectivity index (χ2v) is 7.01. The third-order valence-corrected chi connectivity index (χ3v) is 4.31. The first kappa shape index (κ1) is 16.9. The Morgan fingerprint density at radius 1 is 1.36 bits per heavy atom. The lowest BCUT2D eigenvalue weighted by molar-refractivity contribution is 0.612. The molecule has 1 aliphatic carbocycles. The van der Waals surface area contributed by atoms with E-state index in [1.54, 1.807) is 0 Å². The van der Waals surface area contributed by atoms with Gasteiger partial charge in [-0.2, -0.15) is 0 Å². The molecule has 22 heavy (non-hydrogen) atoms. The number of aromatic nitrogens is 2. The van der Waals surface area contributed by atoms with E-state index >= 15 is 0 Å². The third kappa shape index (κ3) is 4.02. The van der Waals surface area contributed by atoms with Crippen LogP contribution in [0.2, 0.25) is 0 Å². The second-order valence-electron chi connectivity index (χ2n) is 7.01. The highest BCUT2D eigenvalue weighted by Crippen LogP contribution is 2.33. The van der Waals surface area contributed by atoms with E-state index in [9.17, 15) is 0 Å². The van der Waals surface area contributed by atoms with Crippen LogP contribution in [0.15, 0.2) is 12.2 Å². The first-order valence-electron chi connectivity index (χ1n) is 8.50. The minimum absolute atomic E-state index is 0.484. The van der Waals surface area contributed by atoms with Crippen molar-refractivity contribution >= 4 is 11.8 Å². The molecule has 0 aliphatic heterocycles. The summed E-state index contributed by atoms with van der Waals surface area (Å²) in [5, 5.41) is 2.37. The molecule has 0 aromatic carbocycles. The maximum absolute atomic E-state index is 4.95. The lowest BCUT2D eigenvalue weighted by atomic mass is 10.0. The van der Waals surface area contributed by atoms with Gasteiger partial charge in [0.15, 0.2) is 0 Å². The number of nitrogens with zero attached hydrogens (tertiary/aromatic N) is 3. The Bertz CT molecular complexity index is 643. The summed E-state index contributed by atoms with van der Waals surface area (Å²) >= 11 is 0. The molecule has 0 spiro atoms. The van der Waals surface area contributed by atoms with Crippen LogP contribution >= 0.6 is 0 Å². The van der Waals surface area contributed by atoms with E-state index in [2.05, 4.69) is 69.7 Å². The van der Waals surface area contributed by atoms with Crippen LogP contribution in [-0.2, 0) is 13.5 Å². The van der Waals surface area contributed by atoms with Gasteiger partial charge in [-0.05, 0) is 30.8 Å². The van der Waals surface area contributed by atoms with Gasteiger partial charge in [0.25, 0.3) is 0 Å². The largest absolute Gasteiger partial charge is 0.382 e. The Labute approximate surface area is 135 Å². The van der Waals surface area contributed by atoms with E-state index in [-0.39, 0.29) is 0 Å². The standard InChI is InChI=1S/C19H31N3/c1-7-8-16(14(2)3)19-17(13-21(4)5)20-18(22(19)6)12-11-15-9-10-15/h7-8,13-15H,9-12H2,1-6H3/b8-7-,17-13+,19-16+. The highest BCUT2D eigenvalue weighted by Gasteiger charge is 2.21. The van der Waals surface area contributed by atoms with Gasteiger partial charge in [0.05, 0.1) is 5.35 Å². The zero-order chi connectivity index (χ0) is 16.3. The van der Waals surface area contributed by atoms with Crippen LogP contribution in [0, 0.1) is 11.8 Å². The monoisotopic (exact) mass is 301 g/mol. The van der Waals surface area contributed by atoms with Gasteiger partial charge in [0.1, 0.15) is 11.2 Å². The van der Waals surface area contributed by atoms with E-state index in [1.807, 2.05) is 0 Å². The maximum Gasteiger partial charge on any atom is 0.109 e. The predicted octanol–water partition coefficient (Wildman–Crippen LogP) is 2.45. The zero-order valence-corrected chi connectivity index (χ0v) is 15.1. The molecule has 0 amide bonds. The van der Waals surface area contributed by atoms with Crippen molar-refractivity contribution in [3.05, 3.63) is 28.7 Å². The van der Waals surface area contributed by atoms with Crippen LogP contribution in [0.4, 0.5) is 0 Å². The Hall–Kier alpha value is -1.51. The topological polar surface area (TPSA) is 21.1 Å². The molecule has 0 atom stereocenters. The Kier molecular flexibility index (Phi) is 5.49. The first-order chi connectivity index (χ1) is 10.4. The normalized spacial score (nSPS) is 17.7. The molecule has 0 N–H and O–H groups in total. The summed E-state index contributed by atoms with van der Waals surface area (Å²) in [4.78, 5) is 7.03. The molecule has 1 aromatic heterocycles. The SMILES string of the molecule is C\C=C/C(=c1/c(=C\N(C)C)nc(CCC2CC2)n1C)C(C)C. The molecule has 0 radical (unpaired) electrons. The Balaban J connectivity index is 2.60. The van der Waals surface area contributed by atoms with Gasteiger partial charge in [0, 0.05) is 33.8 Å². The Morgan fingerprint density at radius 2 is 2.05 bits per heavy atom. The summed E-state index contributed by atoms with van der Waals surface area (Å²) < 4.78 is 2.31. The molecule has 1 saturated carbocycles. The van der Waals surface area contributed by atoms with E-state index in [1.165, 1.54) is 36.0 Å². The number of hydrogen-bond donors (Lipinski definition) is 0. The number of hydrogen-bond acceptors (Lipinski definition) is 2. The van der Waals surface area contributed by atoms with E-state index in [0.717, 1.165) is 17.7 Å². The highest BCUT2D eigenvalue weighted by molar-refractivity contribution is 5.57. The highest BCUT2D eigenvalue weighted by atomic mass is 15.1. The van der Waals surface area contributed by atoms with Crippen LogP contribution in [-0.4, -0.2) is 28.5 Å². The fourth-order valence-electron chi connectivity index (χ4n) is 2.93. The number of allylic oxidation sites excluding steroid dienone is 2. The van der Waals surface area contributed by atoms with Crippen molar-refractivity contribution in [1.82, 2.24) is 14.5 Å². The quantitative estimate of drug-likeness (QED) is 0.805. The van der Waals surface area contributed by atoms with Gasteiger partial charge in [-0.1, -0.05) is 38.8 Å². The van der Waals surface area contributed by atoms with E-state index in [0.29, 0.717) is 5.92 Å². The number of aryl methyl sites for hydroxylation is 1. The second kappa shape index (κ2) is 7.17. The first-order valence-corrected chi connectivity index (χ1v) is 8.50. The molecule has 2 rings (SSSR count). The van der Waals surface area contributed by atoms with Crippen molar-refractivity contribution < 1.29 is 0 Å². The molecule has 1 aromatic rings. The predicted molar refractivity (Wildman–Crippen MR) is 94.7 cm³/mol. The molecule has 3 heteroatoms. The van der Waals surface area contributed by atoms with Gasteiger partial charge < -0.3 is 9.47 Å². The van der Waals surface area contributed by atoms with Gasteiger partial charge >= 0.3 is 0 Å². The van der Waals surface area contributed by atoms with Crippen molar-refractivity contribution in [1.29, 1.82) is 0 Å². The molecule has 1 fully saturated rings. The van der Waals surface area contributed by atoms with Crippen molar-refractivity contribution in [2.24, 2.45) is 18.9 Å². The number of imidazole rings is 1. The summed E-state index contributed by atoms with van der Waals surface area (Å²) in [7, 11) is 6.30.